The number of fused-ring (bicyclic) bond motifs is 1. The van der Waals surface area contributed by atoms with Crippen LogP contribution in [0.15, 0.2) is 23.1 Å². The van der Waals surface area contributed by atoms with Crippen molar-refractivity contribution < 1.29 is 5.11 Å². The van der Waals surface area contributed by atoms with E-state index in [0.29, 0.717) is 11.7 Å². The summed E-state index contributed by atoms with van der Waals surface area (Å²) >= 11 is 1.85. The number of benzene rings is 1. The Bertz CT molecular complexity index is 314. The maximum absolute atomic E-state index is 9.30. The van der Waals surface area contributed by atoms with Crippen molar-refractivity contribution in [2.24, 2.45) is 5.92 Å². The van der Waals surface area contributed by atoms with Crippen LogP contribution in [-0.4, -0.2) is 17.4 Å². The highest BCUT2D eigenvalue weighted by atomic mass is 32.2. The van der Waals surface area contributed by atoms with Crippen molar-refractivity contribution in [2.75, 3.05) is 17.6 Å². The van der Waals surface area contributed by atoms with Gasteiger partial charge in [0.15, 0.2) is 0 Å². The van der Waals surface area contributed by atoms with Crippen LogP contribution in [0.3, 0.4) is 0 Å². The first-order valence-electron chi connectivity index (χ1n) is 4.45. The first-order valence-corrected chi connectivity index (χ1v) is 5.44. The number of anilines is 1. The molecule has 0 radical (unpaired) electrons. The molecule has 70 valence electrons. The Labute approximate surface area is 82.4 Å². The minimum atomic E-state index is 0.335. The van der Waals surface area contributed by atoms with Crippen LogP contribution in [0, 0.1) is 5.92 Å². The average Bonchev–Trinajstić information content (AvgIpc) is 2.29. The monoisotopic (exact) mass is 195 g/mol. The van der Waals surface area contributed by atoms with Crippen molar-refractivity contribution in [1.82, 2.24) is 0 Å². The standard InChI is InChI=1S/C10H13NOS/c1-7-5-11-9-4-8(12)2-3-10(9)13-6-7/h2-4,7,11-12H,5-6H2,1H3. The van der Waals surface area contributed by atoms with Crippen LogP contribution in [-0.2, 0) is 0 Å². The Hall–Kier alpha value is -0.830. The van der Waals surface area contributed by atoms with E-state index in [1.807, 2.05) is 17.8 Å². The zero-order chi connectivity index (χ0) is 9.26. The second-order valence-corrected chi connectivity index (χ2v) is 4.54. The molecular formula is C10H13NOS. The third kappa shape index (κ3) is 1.91. The second-order valence-electron chi connectivity index (χ2n) is 3.48. The maximum Gasteiger partial charge on any atom is 0.117 e. The number of hydrogen-bond donors (Lipinski definition) is 2. The van der Waals surface area contributed by atoms with E-state index in [2.05, 4.69) is 12.2 Å². The second kappa shape index (κ2) is 3.50. The summed E-state index contributed by atoms with van der Waals surface area (Å²) in [7, 11) is 0. The van der Waals surface area contributed by atoms with Crippen molar-refractivity contribution in [3.63, 3.8) is 0 Å². The molecular weight excluding hydrogens is 182 g/mol. The predicted molar refractivity (Wildman–Crippen MR) is 56.5 cm³/mol. The molecule has 0 aliphatic carbocycles. The Morgan fingerprint density at radius 1 is 1.54 bits per heavy atom. The van der Waals surface area contributed by atoms with Gasteiger partial charge in [0.1, 0.15) is 5.75 Å². The molecule has 0 saturated heterocycles. The Balaban J connectivity index is 2.30. The van der Waals surface area contributed by atoms with Gasteiger partial charge >= 0.3 is 0 Å². The summed E-state index contributed by atoms with van der Waals surface area (Å²) < 4.78 is 0. The summed E-state index contributed by atoms with van der Waals surface area (Å²) in [5.41, 5.74) is 1.06. The fraction of sp³-hybridized carbons (Fsp3) is 0.400. The summed E-state index contributed by atoms with van der Waals surface area (Å²) in [5.74, 6) is 2.16. The highest BCUT2D eigenvalue weighted by molar-refractivity contribution is 7.99. The minimum absolute atomic E-state index is 0.335. The predicted octanol–water partition coefficient (Wildman–Crippen LogP) is 2.55. The van der Waals surface area contributed by atoms with Gasteiger partial charge in [-0.15, -0.1) is 11.8 Å². The smallest absolute Gasteiger partial charge is 0.117 e. The molecule has 1 unspecified atom stereocenters. The lowest BCUT2D eigenvalue weighted by Gasteiger charge is -2.07. The van der Waals surface area contributed by atoms with E-state index < -0.39 is 0 Å². The van der Waals surface area contributed by atoms with Crippen LogP contribution < -0.4 is 5.32 Å². The fourth-order valence-corrected chi connectivity index (χ4v) is 2.39. The first kappa shape index (κ1) is 8.75. The number of rotatable bonds is 0. The van der Waals surface area contributed by atoms with Gasteiger partial charge in [0.05, 0.1) is 5.69 Å². The Morgan fingerprint density at radius 3 is 3.23 bits per heavy atom. The third-order valence-electron chi connectivity index (χ3n) is 2.13. The van der Waals surface area contributed by atoms with Gasteiger partial charge in [-0.3, -0.25) is 0 Å². The minimum Gasteiger partial charge on any atom is -0.508 e. The Kier molecular flexibility index (Phi) is 2.36. The van der Waals surface area contributed by atoms with Crippen LogP contribution in [0.1, 0.15) is 6.92 Å². The van der Waals surface area contributed by atoms with Crippen molar-refractivity contribution in [1.29, 1.82) is 0 Å². The van der Waals surface area contributed by atoms with E-state index in [0.717, 1.165) is 18.0 Å². The summed E-state index contributed by atoms with van der Waals surface area (Å²) in [5, 5.41) is 12.6. The van der Waals surface area contributed by atoms with Gasteiger partial charge in [-0.2, -0.15) is 0 Å². The van der Waals surface area contributed by atoms with E-state index in [9.17, 15) is 5.11 Å². The molecule has 0 bridgehead atoms. The molecule has 2 N–H and O–H groups in total. The molecule has 13 heavy (non-hydrogen) atoms. The van der Waals surface area contributed by atoms with Crippen LogP contribution in [0.25, 0.3) is 0 Å². The van der Waals surface area contributed by atoms with Crippen molar-refractivity contribution >= 4 is 17.4 Å². The van der Waals surface area contributed by atoms with Crippen molar-refractivity contribution in [3.05, 3.63) is 18.2 Å². The first-order chi connectivity index (χ1) is 6.25. The molecule has 0 saturated carbocycles. The SMILES string of the molecule is CC1CNc2cc(O)ccc2SC1. The molecule has 1 heterocycles. The molecule has 1 aliphatic rings. The van der Waals surface area contributed by atoms with E-state index >= 15 is 0 Å². The van der Waals surface area contributed by atoms with Gasteiger partial charge in [-0.25, -0.2) is 0 Å². The number of phenols is 1. The number of hydrogen-bond acceptors (Lipinski definition) is 3. The average molecular weight is 195 g/mol. The molecule has 1 atom stereocenters. The number of aromatic hydroxyl groups is 1. The van der Waals surface area contributed by atoms with Gasteiger partial charge in [0.25, 0.3) is 0 Å². The number of nitrogens with one attached hydrogen (secondary N) is 1. The van der Waals surface area contributed by atoms with Crippen LogP contribution in [0.4, 0.5) is 5.69 Å². The molecule has 0 amide bonds. The highest BCUT2D eigenvalue weighted by Gasteiger charge is 2.12. The van der Waals surface area contributed by atoms with E-state index in [1.165, 1.54) is 4.90 Å². The molecule has 0 fully saturated rings. The normalized spacial score (nSPS) is 21.5. The zero-order valence-corrected chi connectivity index (χ0v) is 8.40. The van der Waals surface area contributed by atoms with Gasteiger partial charge in [-0.1, -0.05) is 6.92 Å². The number of phenolic OH excluding ortho intramolecular Hbond substituents is 1. The largest absolute Gasteiger partial charge is 0.508 e. The lowest BCUT2D eigenvalue weighted by atomic mass is 10.2. The van der Waals surface area contributed by atoms with Crippen molar-refractivity contribution in [2.45, 2.75) is 11.8 Å². The zero-order valence-electron chi connectivity index (χ0n) is 7.58. The van der Waals surface area contributed by atoms with Gasteiger partial charge < -0.3 is 10.4 Å². The van der Waals surface area contributed by atoms with E-state index in [1.54, 1.807) is 12.1 Å². The van der Waals surface area contributed by atoms with Gasteiger partial charge in [0.2, 0.25) is 0 Å². The molecule has 2 rings (SSSR count). The van der Waals surface area contributed by atoms with E-state index in [4.69, 9.17) is 0 Å². The quantitative estimate of drug-likeness (QED) is 0.667. The van der Waals surface area contributed by atoms with Crippen LogP contribution in [0.2, 0.25) is 0 Å². The summed E-state index contributed by atoms with van der Waals surface area (Å²) in [6.07, 6.45) is 0. The lowest BCUT2D eigenvalue weighted by Crippen LogP contribution is -2.10. The molecule has 3 heteroatoms. The molecule has 0 aromatic heterocycles. The van der Waals surface area contributed by atoms with E-state index in [-0.39, 0.29) is 0 Å². The molecule has 0 spiro atoms. The third-order valence-corrected chi connectivity index (χ3v) is 3.53. The summed E-state index contributed by atoms with van der Waals surface area (Å²) in [6, 6.07) is 5.50. The molecule has 2 nitrogen and oxygen atoms in total. The lowest BCUT2D eigenvalue weighted by molar-refractivity contribution is 0.475. The molecule has 1 aromatic rings. The van der Waals surface area contributed by atoms with Gasteiger partial charge in [0, 0.05) is 23.3 Å². The summed E-state index contributed by atoms with van der Waals surface area (Å²) in [4.78, 5) is 1.24. The summed E-state index contributed by atoms with van der Waals surface area (Å²) in [6.45, 7) is 3.22. The highest BCUT2D eigenvalue weighted by Crippen LogP contribution is 2.33. The molecule has 1 aliphatic heterocycles. The van der Waals surface area contributed by atoms with Crippen molar-refractivity contribution in [3.8, 4) is 5.75 Å². The number of thioether (sulfide) groups is 1. The fourth-order valence-electron chi connectivity index (χ4n) is 1.36. The molecule has 1 aromatic carbocycles. The maximum atomic E-state index is 9.30. The topological polar surface area (TPSA) is 32.3 Å². The van der Waals surface area contributed by atoms with Crippen LogP contribution >= 0.6 is 11.8 Å². The van der Waals surface area contributed by atoms with Gasteiger partial charge in [-0.05, 0) is 18.1 Å². The Morgan fingerprint density at radius 2 is 2.38 bits per heavy atom. The van der Waals surface area contributed by atoms with Crippen LogP contribution in [0.5, 0.6) is 5.75 Å².